The Morgan fingerprint density at radius 3 is 2.25 bits per heavy atom. The van der Waals surface area contributed by atoms with Crippen molar-refractivity contribution in [3.63, 3.8) is 0 Å². The standard InChI is InChI=1S/C15H13.C5H5.2C2H5.2ClH.H2Si.Zr/c1-10-3-5-14-12(7-10)9-13-8-11(2)4-6-15(13)14;1-2-4-5-3-1;2*1-2;;;;/h3-7H,9H2,1-2H3;1-3H,4H2;2*1H2,2H3;2*1H;1H2;. The molecule has 4 heteroatoms. The van der Waals surface area contributed by atoms with Crippen LogP contribution in [0.4, 0.5) is 0 Å². The Morgan fingerprint density at radius 2 is 1.64 bits per heavy atom. The molecule has 2 aromatic rings. The van der Waals surface area contributed by atoms with Gasteiger partial charge >= 0.3 is 162 Å². The molecule has 150 valence electrons. The van der Waals surface area contributed by atoms with Crippen LogP contribution in [0.25, 0.3) is 11.1 Å². The van der Waals surface area contributed by atoms with E-state index in [-0.39, 0.29) is 24.8 Å². The number of fused-ring (bicyclic) bond motifs is 3. The predicted octanol–water partition coefficient (Wildman–Crippen LogP) is 6.30. The Labute approximate surface area is 185 Å². The van der Waals surface area contributed by atoms with Crippen LogP contribution in [0.1, 0.15) is 42.5 Å². The molecule has 2 aliphatic rings. The molecule has 0 N–H and O–H groups in total. The van der Waals surface area contributed by atoms with Crippen molar-refractivity contribution in [3.8, 4) is 11.1 Å². The van der Waals surface area contributed by atoms with Gasteiger partial charge in [0, 0.05) is 0 Å². The van der Waals surface area contributed by atoms with Crippen molar-refractivity contribution in [2.45, 2.75) is 48.8 Å². The van der Waals surface area contributed by atoms with Gasteiger partial charge in [-0.25, -0.2) is 0 Å². The zero-order chi connectivity index (χ0) is 18.6. The number of hydrogen-bond donors (Lipinski definition) is 0. The van der Waals surface area contributed by atoms with E-state index >= 15 is 0 Å². The van der Waals surface area contributed by atoms with E-state index in [4.69, 9.17) is 0 Å². The molecule has 0 aliphatic heterocycles. The molecular weight excluding hydrogens is 478 g/mol. The van der Waals surface area contributed by atoms with Crippen molar-refractivity contribution in [3.05, 3.63) is 74.1 Å². The summed E-state index contributed by atoms with van der Waals surface area (Å²) in [5.74, 6) is 0. The van der Waals surface area contributed by atoms with Gasteiger partial charge in [0.2, 0.25) is 0 Å². The molecule has 0 aromatic heterocycles. The van der Waals surface area contributed by atoms with Crippen LogP contribution in [0, 0.1) is 13.8 Å². The zero-order valence-corrected chi connectivity index (χ0v) is 23.0. The van der Waals surface area contributed by atoms with E-state index in [9.17, 15) is 0 Å². The fourth-order valence-electron chi connectivity index (χ4n) is 5.59. The van der Waals surface area contributed by atoms with Crippen molar-refractivity contribution in [2.75, 3.05) is 0 Å². The van der Waals surface area contributed by atoms with Crippen LogP contribution < -0.4 is 3.27 Å². The third-order valence-electron chi connectivity index (χ3n) is 7.41. The van der Waals surface area contributed by atoms with Gasteiger partial charge in [0.05, 0.1) is 0 Å². The van der Waals surface area contributed by atoms with E-state index in [0.717, 1.165) is 6.42 Å². The minimum absolute atomic E-state index is 0. The molecule has 0 saturated carbocycles. The molecule has 2 aromatic carbocycles. The number of allylic oxidation sites excluding steroid dienone is 4. The summed E-state index contributed by atoms with van der Waals surface area (Å²) in [5, 5.41) is 0. The Kier molecular flexibility index (Phi) is 7.15. The van der Waals surface area contributed by atoms with Gasteiger partial charge in [-0.05, 0) is 0 Å². The van der Waals surface area contributed by atoms with Crippen LogP contribution in [0.3, 0.4) is 0 Å². The first-order chi connectivity index (χ1) is 12.4. The summed E-state index contributed by atoms with van der Waals surface area (Å²) in [5.41, 5.74) is 9.12. The summed E-state index contributed by atoms with van der Waals surface area (Å²) in [6.45, 7) is 12.0. The van der Waals surface area contributed by atoms with Crippen LogP contribution in [0.5, 0.6) is 0 Å². The van der Waals surface area contributed by atoms with Crippen molar-refractivity contribution in [1.29, 1.82) is 0 Å². The minimum Gasteiger partial charge on any atom is -0.147 e. The first-order valence-electron chi connectivity index (χ1n) is 10.0. The zero-order valence-electron chi connectivity index (χ0n) is 17.5. The van der Waals surface area contributed by atoms with Crippen LogP contribution >= 0.6 is 24.8 Å². The largest absolute Gasteiger partial charge is 0.147 e. The maximum Gasteiger partial charge on any atom is -0.147 e. The molecule has 0 radical (unpaired) electrons. The SMILES string of the molecule is C[CH2][Zr](=[SiH2])([CH2]C)([C]1=CC=CC1)[c]1c(C)ccc2c1Cc1cc(C)ccc1-2.Cl.Cl. The van der Waals surface area contributed by atoms with Gasteiger partial charge in [0.25, 0.3) is 0 Å². The maximum atomic E-state index is 2.48. The van der Waals surface area contributed by atoms with Crippen molar-refractivity contribution in [1.82, 2.24) is 0 Å². The van der Waals surface area contributed by atoms with Crippen LogP contribution in [-0.4, -0.2) is 6.88 Å². The number of aryl methyl sites for hydroxylation is 2. The summed E-state index contributed by atoms with van der Waals surface area (Å²) < 4.78 is 6.34. The summed E-state index contributed by atoms with van der Waals surface area (Å²) in [4.78, 5) is 0. The third-order valence-corrected chi connectivity index (χ3v) is 36.5. The minimum atomic E-state index is -3.23. The molecule has 0 saturated heterocycles. The van der Waals surface area contributed by atoms with Crippen molar-refractivity contribution >= 4 is 35.0 Å². The first kappa shape index (κ1) is 23.9. The first-order valence-corrected chi connectivity index (χ1v) is 21.9. The van der Waals surface area contributed by atoms with Gasteiger partial charge in [0.1, 0.15) is 0 Å². The Morgan fingerprint density at radius 1 is 0.964 bits per heavy atom. The van der Waals surface area contributed by atoms with Gasteiger partial charge in [-0.3, -0.25) is 0 Å². The molecule has 0 amide bonds. The molecule has 2 aliphatic carbocycles. The fourth-order valence-corrected chi connectivity index (χ4v) is 24.2. The molecule has 28 heavy (non-hydrogen) atoms. The predicted molar refractivity (Wildman–Crippen MR) is 130 cm³/mol. The maximum absolute atomic E-state index is 3.23. The average Bonchev–Trinajstić information content (AvgIpc) is 3.29. The summed E-state index contributed by atoms with van der Waals surface area (Å²) in [6, 6.07) is 11.8. The second-order valence-electron chi connectivity index (χ2n) is 8.59. The molecule has 0 spiro atoms. The second-order valence-corrected chi connectivity index (χ2v) is 34.5. The van der Waals surface area contributed by atoms with E-state index in [1.807, 2.05) is 3.27 Å². The Hall–Kier alpha value is -0.400. The van der Waals surface area contributed by atoms with Crippen LogP contribution in [0.15, 0.2) is 51.8 Å². The number of rotatable bonds is 4. The van der Waals surface area contributed by atoms with Crippen molar-refractivity contribution < 1.29 is 17.4 Å². The van der Waals surface area contributed by atoms with E-state index in [0.29, 0.717) is 0 Å². The topological polar surface area (TPSA) is 0 Å². The molecular formula is C24H32Cl2SiZr. The average molecular weight is 511 g/mol. The van der Waals surface area contributed by atoms with E-state index < -0.39 is 17.4 Å². The van der Waals surface area contributed by atoms with Gasteiger partial charge in [-0.15, -0.1) is 24.8 Å². The Balaban J connectivity index is 0.00000140. The normalized spacial score (nSPS) is 14.7. The van der Waals surface area contributed by atoms with Gasteiger partial charge in [-0.2, -0.15) is 0 Å². The molecule has 0 atom stereocenters. The van der Waals surface area contributed by atoms with Gasteiger partial charge in [0.15, 0.2) is 0 Å². The van der Waals surface area contributed by atoms with E-state index in [1.165, 1.54) is 36.9 Å². The van der Waals surface area contributed by atoms with Crippen molar-refractivity contribution in [2.24, 2.45) is 0 Å². The quantitative estimate of drug-likeness (QED) is 0.361. The Bertz CT molecular complexity index is 1040. The second kappa shape index (κ2) is 8.38. The van der Waals surface area contributed by atoms with Gasteiger partial charge < -0.3 is 0 Å². The smallest absolute Gasteiger partial charge is 0.147 e. The molecule has 0 unspecified atom stereocenters. The fraction of sp³-hybridized carbons (Fsp3) is 0.333. The number of halogens is 2. The van der Waals surface area contributed by atoms with E-state index in [2.05, 4.69) is 83.1 Å². The third kappa shape index (κ3) is 3.29. The summed E-state index contributed by atoms with van der Waals surface area (Å²) >= 11 is -3.23. The van der Waals surface area contributed by atoms with E-state index in [1.54, 1.807) is 14.4 Å². The summed E-state index contributed by atoms with van der Waals surface area (Å²) in [6.07, 6.45) is 9.48. The molecule has 0 nitrogen and oxygen atoms in total. The van der Waals surface area contributed by atoms with Crippen LogP contribution in [-0.2, 0) is 23.8 Å². The van der Waals surface area contributed by atoms with Crippen LogP contribution in [0.2, 0.25) is 8.26 Å². The molecule has 4 rings (SSSR count). The molecule has 0 fully saturated rings. The molecule has 0 bridgehead atoms. The monoisotopic (exact) mass is 508 g/mol. The molecule has 0 heterocycles. The summed E-state index contributed by atoms with van der Waals surface area (Å²) in [7, 11) is 0. The number of hydrogen-bond acceptors (Lipinski definition) is 0. The number of benzene rings is 2. The van der Waals surface area contributed by atoms with Gasteiger partial charge in [-0.1, -0.05) is 0 Å².